The average Bonchev–Trinajstić information content (AvgIpc) is 4.64. The molecule has 15 aromatic rings. The highest BCUT2D eigenvalue weighted by Crippen LogP contribution is 2.40. The predicted molar refractivity (Wildman–Crippen MR) is 347 cm³/mol. The minimum absolute atomic E-state index is 0.152. The van der Waals surface area contributed by atoms with Gasteiger partial charge in [0.2, 0.25) is 11.8 Å². The van der Waals surface area contributed by atoms with Crippen LogP contribution in [0, 0.1) is 0 Å². The number of pyridine rings is 1. The van der Waals surface area contributed by atoms with Gasteiger partial charge in [0.05, 0.1) is 23.1 Å². The molecule has 6 heterocycles. The van der Waals surface area contributed by atoms with Crippen LogP contribution < -0.4 is 0 Å². The van der Waals surface area contributed by atoms with Gasteiger partial charge in [-0.2, -0.15) is 0 Å². The van der Waals surface area contributed by atoms with Crippen LogP contribution in [0.3, 0.4) is 0 Å². The van der Waals surface area contributed by atoms with Gasteiger partial charge < -0.3 is 33.4 Å². The molecule has 4 N–H and O–H groups in total. The number of fused-ring (bicyclic) bond motifs is 3. The van der Waals surface area contributed by atoms with E-state index in [4.69, 9.17) is 28.2 Å². The fourth-order valence-electron chi connectivity index (χ4n) is 10.0. The molecule has 0 atom stereocenters. The van der Waals surface area contributed by atoms with Gasteiger partial charge >= 0.3 is 0 Å². The molecule has 0 saturated carbocycles. The Kier molecular flexibility index (Phi) is 17.6. The van der Waals surface area contributed by atoms with Crippen molar-refractivity contribution in [2.75, 3.05) is 0 Å². The first kappa shape index (κ1) is 56.6. The van der Waals surface area contributed by atoms with E-state index in [1.54, 1.807) is 36.4 Å². The molecule has 0 saturated heterocycles. The fraction of sp³-hybridized carbons (Fsp3) is 0.0667. The first-order valence-electron chi connectivity index (χ1n) is 28.7. The van der Waals surface area contributed by atoms with E-state index in [-0.39, 0.29) is 11.5 Å². The van der Waals surface area contributed by atoms with Gasteiger partial charge in [-0.15, -0.1) is 0 Å². The Labute approximate surface area is 498 Å². The standard InChI is InChI=1S/C24H18N2O3.C24H16N2O.C23H16N2O.2C2H6/c27-18-7-3-5-15(11-18)23-24(16-6-4-8-19(28)12-16)29-22(26-23)13-17-14-25-21-10-2-1-9-20(17)21;1-3-9-17(10-4-1)22-23(18-11-5-2-6-12-18)27-24(26-22)20-15-19-13-7-8-14-21(19)25-16-20;1-3-9-16(10-4-1)21-22(17-11-5-2-6-12-17)26-23(25-21)19-15-24-20-14-8-7-13-18(19)20;2*1-2/h1-12,14,25,27-28H,13H2;1-16H;1-15,24H;2*1-2H3. The summed E-state index contributed by atoms with van der Waals surface area (Å²) < 4.78 is 18.7. The van der Waals surface area contributed by atoms with E-state index in [1.807, 2.05) is 222 Å². The molecule has 11 nitrogen and oxygen atoms in total. The Bertz CT molecular complexity index is 4460. The van der Waals surface area contributed by atoms with E-state index in [2.05, 4.69) is 51.4 Å². The van der Waals surface area contributed by atoms with E-state index >= 15 is 0 Å². The van der Waals surface area contributed by atoms with Crippen molar-refractivity contribution in [3.8, 4) is 102 Å². The maximum Gasteiger partial charge on any atom is 0.229 e. The van der Waals surface area contributed by atoms with E-state index in [0.717, 1.165) is 106 Å². The summed E-state index contributed by atoms with van der Waals surface area (Å²) in [4.78, 5) is 25.5. The second-order valence-electron chi connectivity index (χ2n) is 19.4. The second kappa shape index (κ2) is 26.7. The Balaban J connectivity index is 0.000000130. The highest BCUT2D eigenvalue weighted by Gasteiger charge is 2.22. The quantitative estimate of drug-likeness (QED) is 0.104. The second-order valence-corrected chi connectivity index (χ2v) is 19.4. The lowest BCUT2D eigenvalue weighted by molar-refractivity contribution is 0.474. The summed E-state index contributed by atoms with van der Waals surface area (Å²) in [5.41, 5.74) is 13.9. The zero-order chi connectivity index (χ0) is 59.2. The molecule has 11 heteroatoms. The first-order valence-corrected chi connectivity index (χ1v) is 28.7. The summed E-state index contributed by atoms with van der Waals surface area (Å²) >= 11 is 0. The lowest BCUT2D eigenvalue weighted by Gasteiger charge is -2.03. The SMILES string of the molecule is CC.CC.Oc1cccc(-c2nc(Cc3c[nH]c4ccccc34)oc2-c2cccc(O)c2)c1.c1ccc(-c2nc(-c3c[nH]c4ccccc34)oc2-c2ccccc2)cc1.c1ccc(-c2nc(-c3cnc4ccccc4c3)oc2-c2ccccc2)cc1. The number of H-pyrrole nitrogens is 2. The van der Waals surface area contributed by atoms with Crippen molar-refractivity contribution < 1.29 is 23.5 Å². The van der Waals surface area contributed by atoms with Gasteiger partial charge in [-0.3, -0.25) is 4.98 Å². The Morgan fingerprint density at radius 3 is 1.44 bits per heavy atom. The molecule has 6 aromatic heterocycles. The molecule has 0 spiro atoms. The molecule has 9 aromatic carbocycles. The summed E-state index contributed by atoms with van der Waals surface area (Å²) in [5.74, 6) is 4.19. The lowest BCUT2D eigenvalue weighted by Crippen LogP contribution is -1.87. The van der Waals surface area contributed by atoms with Crippen LogP contribution in [0.25, 0.3) is 123 Å². The van der Waals surface area contributed by atoms with Crippen LogP contribution in [0.5, 0.6) is 11.5 Å². The molecule has 0 bridgehead atoms. The maximum absolute atomic E-state index is 9.91. The van der Waals surface area contributed by atoms with Gasteiger partial charge in [-0.1, -0.05) is 228 Å². The lowest BCUT2D eigenvalue weighted by atomic mass is 10.1. The van der Waals surface area contributed by atoms with E-state index in [9.17, 15) is 10.2 Å². The number of phenols is 2. The van der Waals surface area contributed by atoms with Crippen LogP contribution >= 0.6 is 0 Å². The van der Waals surface area contributed by atoms with Crippen molar-refractivity contribution in [3.63, 3.8) is 0 Å². The minimum Gasteiger partial charge on any atom is -0.508 e. The van der Waals surface area contributed by atoms with Crippen LogP contribution in [-0.2, 0) is 6.42 Å². The van der Waals surface area contributed by atoms with Crippen molar-refractivity contribution in [1.29, 1.82) is 0 Å². The van der Waals surface area contributed by atoms with Crippen LogP contribution in [0.4, 0.5) is 0 Å². The molecule has 0 amide bonds. The number of oxazole rings is 3. The van der Waals surface area contributed by atoms with E-state index < -0.39 is 0 Å². The van der Waals surface area contributed by atoms with Crippen LogP contribution in [0.15, 0.2) is 281 Å². The predicted octanol–water partition coefficient (Wildman–Crippen LogP) is 19.9. The van der Waals surface area contributed by atoms with Gasteiger partial charge in [0.15, 0.2) is 23.2 Å². The molecule has 86 heavy (non-hydrogen) atoms. The molecule has 0 aliphatic heterocycles. The molecule has 0 unspecified atom stereocenters. The fourth-order valence-corrected chi connectivity index (χ4v) is 10.0. The number of hydrogen-bond acceptors (Lipinski definition) is 9. The third kappa shape index (κ3) is 12.5. The topological polar surface area (TPSA) is 163 Å². The zero-order valence-corrected chi connectivity index (χ0v) is 48.0. The highest BCUT2D eigenvalue weighted by atomic mass is 16.4. The van der Waals surface area contributed by atoms with E-state index in [0.29, 0.717) is 35.5 Å². The first-order chi connectivity index (χ1) is 42.5. The largest absolute Gasteiger partial charge is 0.508 e. The number of aromatic nitrogens is 6. The molecule has 0 fully saturated rings. The van der Waals surface area contributed by atoms with Crippen molar-refractivity contribution >= 4 is 32.7 Å². The number of hydrogen-bond donors (Lipinski definition) is 4. The third-order valence-electron chi connectivity index (χ3n) is 14.0. The highest BCUT2D eigenvalue weighted by molar-refractivity contribution is 5.94. The third-order valence-corrected chi connectivity index (χ3v) is 14.0. The summed E-state index contributed by atoms with van der Waals surface area (Å²) in [5, 5.41) is 23.1. The monoisotopic (exact) mass is 1130 g/mol. The number of para-hydroxylation sites is 3. The van der Waals surface area contributed by atoms with Gasteiger partial charge in [-0.25, -0.2) is 15.0 Å². The maximum atomic E-state index is 9.91. The number of rotatable bonds is 10. The van der Waals surface area contributed by atoms with Crippen LogP contribution in [-0.4, -0.2) is 40.1 Å². The number of phenolic OH excluding ortho intramolecular Hbond substituents is 2. The van der Waals surface area contributed by atoms with Crippen molar-refractivity contribution in [2.24, 2.45) is 0 Å². The van der Waals surface area contributed by atoms with Crippen molar-refractivity contribution in [1.82, 2.24) is 29.9 Å². The van der Waals surface area contributed by atoms with E-state index in [1.165, 1.54) is 0 Å². The Morgan fingerprint density at radius 2 is 0.826 bits per heavy atom. The van der Waals surface area contributed by atoms with Crippen LogP contribution in [0.1, 0.15) is 39.1 Å². The molecular weight excluding hydrogens is 1060 g/mol. The summed E-state index contributed by atoms with van der Waals surface area (Å²) in [6, 6.07) is 80.6. The normalized spacial score (nSPS) is 10.7. The molecule has 422 valence electrons. The van der Waals surface area contributed by atoms with Gasteiger partial charge in [0.1, 0.15) is 28.6 Å². The molecule has 0 aliphatic carbocycles. The number of nitrogens with one attached hydrogen (secondary N) is 2. The van der Waals surface area contributed by atoms with Gasteiger partial charge in [-0.05, 0) is 54.1 Å². The minimum atomic E-state index is 0.152. The van der Waals surface area contributed by atoms with Crippen molar-refractivity contribution in [2.45, 2.75) is 34.1 Å². The number of aromatic amines is 2. The average molecular weight is 1130 g/mol. The van der Waals surface area contributed by atoms with Gasteiger partial charge in [0, 0.05) is 79.2 Å². The molecule has 15 rings (SSSR count). The Morgan fingerprint density at radius 1 is 0.372 bits per heavy atom. The smallest absolute Gasteiger partial charge is 0.229 e. The summed E-state index contributed by atoms with van der Waals surface area (Å²) in [7, 11) is 0. The van der Waals surface area contributed by atoms with Crippen molar-refractivity contribution in [3.05, 3.63) is 279 Å². The summed E-state index contributed by atoms with van der Waals surface area (Å²) in [6.45, 7) is 8.00. The molecule has 0 aliphatic rings. The number of nitrogens with zero attached hydrogens (tertiary/aromatic N) is 4. The van der Waals surface area contributed by atoms with Crippen LogP contribution in [0.2, 0.25) is 0 Å². The van der Waals surface area contributed by atoms with Gasteiger partial charge in [0.25, 0.3) is 0 Å². The number of benzene rings is 9. The summed E-state index contributed by atoms with van der Waals surface area (Å²) in [6.07, 6.45) is 6.27. The Hall–Kier alpha value is -11.3. The zero-order valence-electron chi connectivity index (χ0n) is 48.0. The molecule has 0 radical (unpaired) electrons. The number of aromatic hydroxyl groups is 2. The molecular formula is C75H62N6O5.